The lowest BCUT2D eigenvalue weighted by Crippen LogP contribution is -2.12. The summed E-state index contributed by atoms with van der Waals surface area (Å²) in [7, 11) is 0. The molecule has 0 saturated carbocycles. The minimum atomic E-state index is 0.774. The third-order valence-corrected chi connectivity index (χ3v) is 2.86. The van der Waals surface area contributed by atoms with Crippen LogP contribution in [0.5, 0.6) is 5.75 Å². The predicted octanol–water partition coefficient (Wildman–Crippen LogP) is 3.18. The zero-order chi connectivity index (χ0) is 9.38. The Morgan fingerprint density at radius 3 is 3.07 bits per heavy atom. The minimum absolute atomic E-state index is 0.774. The van der Waals surface area contributed by atoms with Crippen LogP contribution in [0.3, 0.4) is 0 Å². The Labute approximate surface area is 83.7 Å². The molecule has 0 spiro atoms. The van der Waals surface area contributed by atoms with Gasteiger partial charge in [0.1, 0.15) is 12.4 Å². The molecule has 1 aromatic rings. The van der Waals surface area contributed by atoms with E-state index in [1.165, 1.54) is 16.7 Å². The van der Waals surface area contributed by atoms with E-state index in [9.17, 15) is 0 Å². The van der Waals surface area contributed by atoms with E-state index in [1.807, 2.05) is 12.1 Å². The van der Waals surface area contributed by atoms with Crippen LogP contribution in [0.4, 0.5) is 0 Å². The van der Waals surface area contributed by atoms with Crippen LogP contribution < -0.4 is 4.74 Å². The summed E-state index contributed by atoms with van der Waals surface area (Å²) < 4.78 is 5.70. The monoisotopic (exact) mass is 184 g/mol. The van der Waals surface area contributed by atoms with Gasteiger partial charge in [0.25, 0.3) is 0 Å². The summed E-state index contributed by atoms with van der Waals surface area (Å²) in [6.07, 6.45) is 6.80. The molecule has 0 atom stereocenters. The van der Waals surface area contributed by atoms with E-state index in [0.29, 0.717) is 0 Å². The summed E-state index contributed by atoms with van der Waals surface area (Å²) in [6, 6.07) is 8.28. The SMILES string of the molecule is C1=CC2=C(CC1)COc1ccccc12. The maximum absolute atomic E-state index is 5.70. The van der Waals surface area contributed by atoms with E-state index in [-0.39, 0.29) is 0 Å². The van der Waals surface area contributed by atoms with Crippen molar-refractivity contribution in [3.63, 3.8) is 0 Å². The molecule has 0 bridgehead atoms. The highest BCUT2D eigenvalue weighted by atomic mass is 16.5. The third-order valence-electron chi connectivity index (χ3n) is 2.86. The van der Waals surface area contributed by atoms with Crippen LogP contribution in [0, 0.1) is 0 Å². The van der Waals surface area contributed by atoms with Crippen LogP contribution in [0.2, 0.25) is 0 Å². The fraction of sp³-hybridized carbons (Fsp3) is 0.231. The van der Waals surface area contributed by atoms with Gasteiger partial charge < -0.3 is 4.74 Å². The first kappa shape index (κ1) is 7.86. The lowest BCUT2D eigenvalue weighted by molar-refractivity contribution is 0.341. The van der Waals surface area contributed by atoms with E-state index in [2.05, 4.69) is 24.3 Å². The van der Waals surface area contributed by atoms with Gasteiger partial charge in [0.05, 0.1) is 0 Å². The normalized spacial score (nSPS) is 18.6. The van der Waals surface area contributed by atoms with Crippen molar-refractivity contribution in [2.45, 2.75) is 12.8 Å². The van der Waals surface area contributed by atoms with Gasteiger partial charge >= 0.3 is 0 Å². The van der Waals surface area contributed by atoms with E-state index < -0.39 is 0 Å². The fourth-order valence-electron chi connectivity index (χ4n) is 2.12. The lowest BCUT2D eigenvalue weighted by Gasteiger charge is -2.24. The van der Waals surface area contributed by atoms with Crippen LogP contribution in [0.25, 0.3) is 5.57 Å². The van der Waals surface area contributed by atoms with Crippen molar-refractivity contribution in [2.24, 2.45) is 0 Å². The molecule has 0 amide bonds. The molecule has 1 nitrogen and oxygen atoms in total. The summed E-state index contributed by atoms with van der Waals surface area (Å²) in [5.74, 6) is 1.03. The van der Waals surface area contributed by atoms with E-state index in [0.717, 1.165) is 25.2 Å². The molecule has 0 unspecified atom stereocenters. The Balaban J connectivity index is 2.19. The predicted molar refractivity (Wildman–Crippen MR) is 57.2 cm³/mol. The van der Waals surface area contributed by atoms with Gasteiger partial charge in [-0.1, -0.05) is 30.4 Å². The van der Waals surface area contributed by atoms with Gasteiger partial charge in [-0.25, -0.2) is 0 Å². The zero-order valence-corrected chi connectivity index (χ0v) is 7.99. The Hall–Kier alpha value is -1.50. The van der Waals surface area contributed by atoms with Crippen LogP contribution >= 0.6 is 0 Å². The Bertz CT molecular complexity index is 427. The van der Waals surface area contributed by atoms with Crippen molar-refractivity contribution < 1.29 is 4.74 Å². The molecular formula is C13H12O. The Morgan fingerprint density at radius 1 is 1.14 bits per heavy atom. The number of hydrogen-bond acceptors (Lipinski definition) is 1. The summed E-state index contributed by atoms with van der Waals surface area (Å²) in [6.45, 7) is 0.774. The van der Waals surface area contributed by atoms with Gasteiger partial charge in [0.15, 0.2) is 0 Å². The second-order valence-electron chi connectivity index (χ2n) is 3.74. The van der Waals surface area contributed by atoms with Crippen LogP contribution in [-0.4, -0.2) is 6.61 Å². The number of allylic oxidation sites excluding steroid dienone is 3. The average molecular weight is 184 g/mol. The van der Waals surface area contributed by atoms with E-state index in [4.69, 9.17) is 4.74 Å². The summed E-state index contributed by atoms with van der Waals surface area (Å²) in [5, 5.41) is 0. The number of fused-ring (bicyclic) bond motifs is 2. The van der Waals surface area contributed by atoms with Crippen molar-refractivity contribution in [3.8, 4) is 5.75 Å². The molecule has 2 aliphatic rings. The smallest absolute Gasteiger partial charge is 0.127 e. The van der Waals surface area contributed by atoms with Gasteiger partial charge in [-0.2, -0.15) is 0 Å². The highest BCUT2D eigenvalue weighted by Gasteiger charge is 2.18. The van der Waals surface area contributed by atoms with Crippen molar-refractivity contribution in [2.75, 3.05) is 6.61 Å². The molecule has 70 valence electrons. The molecule has 0 N–H and O–H groups in total. The number of rotatable bonds is 0. The first-order valence-corrected chi connectivity index (χ1v) is 5.06. The van der Waals surface area contributed by atoms with Crippen molar-refractivity contribution in [1.29, 1.82) is 0 Å². The number of hydrogen-bond donors (Lipinski definition) is 0. The Morgan fingerprint density at radius 2 is 2.07 bits per heavy atom. The molecule has 3 rings (SSSR count). The first-order chi connectivity index (χ1) is 6.95. The molecular weight excluding hydrogens is 172 g/mol. The van der Waals surface area contributed by atoms with Gasteiger partial charge in [0, 0.05) is 5.56 Å². The van der Waals surface area contributed by atoms with Gasteiger partial charge in [0.2, 0.25) is 0 Å². The van der Waals surface area contributed by atoms with E-state index >= 15 is 0 Å². The van der Waals surface area contributed by atoms with Crippen LogP contribution in [0.1, 0.15) is 18.4 Å². The molecule has 14 heavy (non-hydrogen) atoms. The van der Waals surface area contributed by atoms with Crippen molar-refractivity contribution >= 4 is 5.57 Å². The largest absolute Gasteiger partial charge is 0.489 e. The summed E-state index contributed by atoms with van der Waals surface area (Å²) in [4.78, 5) is 0. The lowest BCUT2D eigenvalue weighted by atomic mass is 9.91. The van der Waals surface area contributed by atoms with Gasteiger partial charge in [-0.15, -0.1) is 0 Å². The number of para-hydroxylation sites is 1. The van der Waals surface area contributed by atoms with Crippen molar-refractivity contribution in [1.82, 2.24) is 0 Å². The molecule has 0 radical (unpaired) electrons. The average Bonchev–Trinajstić information content (AvgIpc) is 2.29. The molecule has 0 fully saturated rings. The summed E-state index contributed by atoms with van der Waals surface area (Å²) in [5.41, 5.74) is 4.09. The maximum atomic E-state index is 5.70. The summed E-state index contributed by atoms with van der Waals surface area (Å²) >= 11 is 0. The second kappa shape index (κ2) is 3.02. The number of benzene rings is 1. The molecule has 1 heterocycles. The highest BCUT2D eigenvalue weighted by Crippen LogP contribution is 2.37. The highest BCUT2D eigenvalue weighted by molar-refractivity contribution is 5.82. The standard InChI is InChI=1S/C13H12O/c1-2-6-11-10(5-1)9-14-13-8-4-3-7-12(11)13/h2-4,6-8H,1,5,9H2. The fourth-order valence-corrected chi connectivity index (χ4v) is 2.12. The molecule has 0 saturated heterocycles. The Kier molecular flexibility index (Phi) is 1.69. The molecule has 1 aliphatic heterocycles. The quantitative estimate of drug-likeness (QED) is 0.601. The van der Waals surface area contributed by atoms with Gasteiger partial charge in [-0.05, 0) is 30.1 Å². The van der Waals surface area contributed by atoms with Gasteiger partial charge in [-0.3, -0.25) is 0 Å². The topological polar surface area (TPSA) is 9.23 Å². The minimum Gasteiger partial charge on any atom is -0.489 e. The van der Waals surface area contributed by atoms with Crippen LogP contribution in [-0.2, 0) is 0 Å². The molecule has 1 heteroatoms. The maximum Gasteiger partial charge on any atom is 0.127 e. The zero-order valence-electron chi connectivity index (χ0n) is 7.99. The van der Waals surface area contributed by atoms with Crippen molar-refractivity contribution in [3.05, 3.63) is 47.6 Å². The third kappa shape index (κ3) is 1.09. The molecule has 1 aromatic carbocycles. The second-order valence-corrected chi connectivity index (χ2v) is 3.74. The van der Waals surface area contributed by atoms with Crippen LogP contribution in [0.15, 0.2) is 42.0 Å². The number of ether oxygens (including phenoxy) is 1. The first-order valence-electron chi connectivity index (χ1n) is 5.06. The van der Waals surface area contributed by atoms with E-state index in [1.54, 1.807) is 0 Å². The molecule has 1 aliphatic carbocycles. The molecule has 0 aromatic heterocycles.